The van der Waals surface area contributed by atoms with E-state index in [2.05, 4.69) is 87.1 Å². The van der Waals surface area contributed by atoms with Crippen LogP contribution in [0.3, 0.4) is 0 Å². The normalized spacial score (nSPS) is 11.2. The smallest absolute Gasteiger partial charge is 0.379 e. The van der Waals surface area contributed by atoms with E-state index in [9.17, 15) is 4.79 Å². The number of hydrogen-bond acceptors (Lipinski definition) is 3. The average Bonchev–Trinajstić information content (AvgIpc) is 3.10. The minimum absolute atomic E-state index is 0.168. The van der Waals surface area contributed by atoms with E-state index < -0.39 is 16.9 Å². The molecule has 1 heterocycles. The van der Waals surface area contributed by atoms with E-state index in [0.29, 0.717) is 10.4 Å². The molecule has 29 heavy (non-hydrogen) atoms. The van der Waals surface area contributed by atoms with Crippen LogP contribution in [-0.2, 0) is 0 Å². The Balaban J connectivity index is 1.60. The molecule has 0 aliphatic heterocycles. The van der Waals surface area contributed by atoms with Crippen molar-refractivity contribution in [3.63, 3.8) is 0 Å². The Kier molecular flexibility index (Phi) is 6.42. The van der Waals surface area contributed by atoms with Crippen molar-refractivity contribution < 1.29 is 13.9 Å². The van der Waals surface area contributed by atoms with Crippen LogP contribution in [0.15, 0.2) is 115 Å². The third-order valence-electron chi connectivity index (χ3n) is 4.18. The SMILES string of the molecule is O=C(Oc1ccc([SH](c2ccccc2)c2ccccc2)cc1)c1cc(I)c(Br)o1. The molecular weight excluding hydrogens is 563 g/mol. The van der Waals surface area contributed by atoms with Crippen molar-refractivity contribution in [3.05, 3.63) is 105 Å². The molecule has 0 aliphatic carbocycles. The van der Waals surface area contributed by atoms with Crippen LogP contribution >= 0.6 is 49.4 Å². The molecule has 0 N–H and O–H groups in total. The van der Waals surface area contributed by atoms with E-state index in [0.717, 1.165) is 3.57 Å². The Labute approximate surface area is 193 Å². The number of hydrogen-bond donors (Lipinski definition) is 1. The maximum absolute atomic E-state index is 12.3. The van der Waals surface area contributed by atoms with E-state index in [-0.39, 0.29) is 5.76 Å². The molecule has 0 bridgehead atoms. The summed E-state index contributed by atoms with van der Waals surface area (Å²) in [6.07, 6.45) is 0. The lowest BCUT2D eigenvalue weighted by Crippen LogP contribution is -2.07. The summed E-state index contributed by atoms with van der Waals surface area (Å²) in [5.41, 5.74) is 0. The lowest BCUT2D eigenvalue weighted by Gasteiger charge is -2.23. The minimum atomic E-state index is -0.690. The zero-order valence-electron chi connectivity index (χ0n) is 15.1. The maximum atomic E-state index is 12.3. The Morgan fingerprint density at radius 3 is 1.83 bits per heavy atom. The van der Waals surface area contributed by atoms with Crippen LogP contribution in [-0.4, -0.2) is 5.97 Å². The number of esters is 1. The molecule has 4 aromatic rings. The standard InChI is InChI=1S/C23H16BrIO3S/c24-22-20(25)15-21(28-22)23(26)27-16-11-13-19(14-12-16)29(17-7-3-1-4-8-17)18-9-5-2-6-10-18/h1-15,29H. The van der Waals surface area contributed by atoms with Crippen LogP contribution in [0.4, 0.5) is 0 Å². The Bertz CT molecular complexity index is 1050. The van der Waals surface area contributed by atoms with Crippen LogP contribution in [0, 0.1) is 3.57 Å². The van der Waals surface area contributed by atoms with Gasteiger partial charge in [-0.2, -0.15) is 10.9 Å². The molecule has 0 atom stereocenters. The summed E-state index contributed by atoms with van der Waals surface area (Å²) in [7, 11) is -0.690. The van der Waals surface area contributed by atoms with Crippen LogP contribution in [0.1, 0.15) is 10.6 Å². The first-order valence-electron chi connectivity index (χ1n) is 8.79. The predicted molar refractivity (Wildman–Crippen MR) is 127 cm³/mol. The van der Waals surface area contributed by atoms with Crippen LogP contribution in [0.5, 0.6) is 5.75 Å². The number of halogens is 2. The second-order valence-electron chi connectivity index (χ2n) is 6.12. The summed E-state index contributed by atoms with van der Waals surface area (Å²) in [6.45, 7) is 0. The molecule has 146 valence electrons. The van der Waals surface area contributed by atoms with Crippen molar-refractivity contribution in [2.24, 2.45) is 0 Å². The summed E-state index contributed by atoms with van der Waals surface area (Å²) in [6, 6.07) is 30.3. The van der Waals surface area contributed by atoms with Gasteiger partial charge in [0.2, 0.25) is 5.76 Å². The van der Waals surface area contributed by atoms with Crippen molar-refractivity contribution in [2.75, 3.05) is 0 Å². The summed E-state index contributed by atoms with van der Waals surface area (Å²) in [5.74, 6) is 0.133. The quantitative estimate of drug-likeness (QED) is 0.116. The maximum Gasteiger partial charge on any atom is 0.379 e. The fraction of sp³-hybridized carbons (Fsp3) is 0. The van der Waals surface area contributed by atoms with Crippen LogP contribution < -0.4 is 4.74 Å². The molecule has 1 aromatic heterocycles. The van der Waals surface area contributed by atoms with Crippen LogP contribution in [0.25, 0.3) is 0 Å². The molecule has 0 fully saturated rings. The van der Waals surface area contributed by atoms with Crippen molar-refractivity contribution >= 4 is 55.4 Å². The number of thiol groups is 1. The fourth-order valence-corrected chi connectivity index (χ4v) is 5.83. The molecule has 3 nitrogen and oxygen atoms in total. The summed E-state index contributed by atoms with van der Waals surface area (Å²) in [5, 5.41) is 0. The zero-order chi connectivity index (χ0) is 20.2. The molecule has 0 spiro atoms. The minimum Gasteiger partial charge on any atom is -0.441 e. The van der Waals surface area contributed by atoms with Gasteiger partial charge in [-0.15, -0.1) is 0 Å². The Morgan fingerprint density at radius 2 is 1.34 bits per heavy atom. The predicted octanol–water partition coefficient (Wildman–Crippen LogP) is 7.34. The highest BCUT2D eigenvalue weighted by Gasteiger charge is 2.17. The number of furan rings is 1. The van der Waals surface area contributed by atoms with E-state index in [4.69, 9.17) is 9.15 Å². The summed E-state index contributed by atoms with van der Waals surface area (Å²) < 4.78 is 12.2. The zero-order valence-corrected chi connectivity index (χ0v) is 19.7. The lowest BCUT2D eigenvalue weighted by molar-refractivity contribution is 0.0700. The molecule has 6 heteroatoms. The highest BCUT2D eigenvalue weighted by Crippen LogP contribution is 2.51. The number of rotatable bonds is 5. The average molecular weight is 579 g/mol. The highest BCUT2D eigenvalue weighted by atomic mass is 127. The topological polar surface area (TPSA) is 39.4 Å². The van der Waals surface area contributed by atoms with Crippen molar-refractivity contribution in [1.82, 2.24) is 0 Å². The molecule has 0 saturated heterocycles. The number of carbonyl (C=O) groups excluding carboxylic acids is 1. The highest BCUT2D eigenvalue weighted by molar-refractivity contribution is 14.1. The van der Waals surface area contributed by atoms with Gasteiger partial charge in [-0.3, -0.25) is 0 Å². The van der Waals surface area contributed by atoms with E-state index >= 15 is 0 Å². The first-order valence-corrected chi connectivity index (χ1v) is 12.0. The Morgan fingerprint density at radius 1 is 0.828 bits per heavy atom. The Hall–Kier alpha value is -2.03. The largest absolute Gasteiger partial charge is 0.441 e. The van der Waals surface area contributed by atoms with Gasteiger partial charge >= 0.3 is 5.97 Å². The molecule has 0 saturated carbocycles. The van der Waals surface area contributed by atoms with E-state index in [1.807, 2.05) is 36.4 Å². The van der Waals surface area contributed by atoms with Gasteiger partial charge in [-0.25, -0.2) is 4.79 Å². The van der Waals surface area contributed by atoms with Gasteiger partial charge in [0.15, 0.2) is 4.67 Å². The van der Waals surface area contributed by atoms with E-state index in [1.54, 1.807) is 6.07 Å². The molecular formula is C23H16BrIO3S. The summed E-state index contributed by atoms with van der Waals surface area (Å²) >= 11 is 5.35. The third kappa shape index (κ3) is 4.76. The van der Waals surface area contributed by atoms with Crippen molar-refractivity contribution in [2.45, 2.75) is 14.7 Å². The van der Waals surface area contributed by atoms with Gasteiger partial charge in [0.05, 0.1) is 3.57 Å². The first kappa shape index (κ1) is 20.3. The number of benzene rings is 3. The second kappa shape index (κ2) is 9.19. The summed E-state index contributed by atoms with van der Waals surface area (Å²) in [4.78, 5) is 16.0. The van der Waals surface area contributed by atoms with Gasteiger partial charge in [0.1, 0.15) is 5.75 Å². The van der Waals surface area contributed by atoms with Gasteiger partial charge < -0.3 is 9.15 Å². The third-order valence-corrected chi connectivity index (χ3v) is 8.76. The number of carbonyl (C=O) groups is 1. The molecule has 0 unspecified atom stereocenters. The van der Waals surface area contributed by atoms with Gasteiger partial charge in [0.25, 0.3) is 0 Å². The first-order chi connectivity index (χ1) is 14.1. The molecule has 4 rings (SSSR count). The van der Waals surface area contributed by atoms with Gasteiger partial charge in [0, 0.05) is 6.07 Å². The van der Waals surface area contributed by atoms with Crippen molar-refractivity contribution in [3.8, 4) is 5.75 Å². The monoisotopic (exact) mass is 578 g/mol. The lowest BCUT2D eigenvalue weighted by atomic mass is 10.3. The van der Waals surface area contributed by atoms with Crippen LogP contribution in [0.2, 0.25) is 0 Å². The molecule has 3 aromatic carbocycles. The van der Waals surface area contributed by atoms with Crippen molar-refractivity contribution in [1.29, 1.82) is 0 Å². The van der Waals surface area contributed by atoms with E-state index in [1.165, 1.54) is 14.7 Å². The number of ether oxygens (including phenoxy) is 1. The second-order valence-corrected chi connectivity index (χ2v) is 10.2. The van der Waals surface area contributed by atoms with Gasteiger partial charge in [-0.1, -0.05) is 36.4 Å². The molecule has 0 amide bonds. The fourth-order valence-electron chi connectivity index (χ4n) is 2.87. The molecule has 0 aliphatic rings. The van der Waals surface area contributed by atoms with Gasteiger partial charge in [-0.05, 0) is 102 Å². The molecule has 0 radical (unpaired) electrons.